The van der Waals surface area contributed by atoms with Crippen LogP contribution in [0.25, 0.3) is 0 Å². The molecule has 2 N–H and O–H groups in total. The molecule has 2 aromatic rings. The second kappa shape index (κ2) is 6.82. The lowest BCUT2D eigenvalue weighted by Crippen LogP contribution is -2.14. The molecule has 0 saturated heterocycles. The number of para-hydroxylation sites is 1. The van der Waals surface area contributed by atoms with Crippen molar-refractivity contribution in [2.24, 2.45) is 0 Å². The van der Waals surface area contributed by atoms with Gasteiger partial charge in [0.25, 0.3) is 0 Å². The van der Waals surface area contributed by atoms with Crippen molar-refractivity contribution in [2.75, 3.05) is 18.9 Å². The van der Waals surface area contributed by atoms with Gasteiger partial charge in [0.05, 0.1) is 5.02 Å². The van der Waals surface area contributed by atoms with E-state index in [-0.39, 0.29) is 23.8 Å². The van der Waals surface area contributed by atoms with E-state index in [1.807, 2.05) is 30.3 Å². The molecule has 0 aliphatic rings. The van der Waals surface area contributed by atoms with Crippen LogP contribution >= 0.6 is 11.6 Å². The highest BCUT2D eigenvalue weighted by Gasteiger charge is 2.15. The van der Waals surface area contributed by atoms with Gasteiger partial charge in [-0.05, 0) is 24.3 Å². The molecule has 0 atom stereocenters. The Morgan fingerprint density at radius 1 is 1.05 bits per heavy atom. The lowest BCUT2D eigenvalue weighted by molar-refractivity contribution is 0.0452. The van der Waals surface area contributed by atoms with Crippen LogP contribution in [0.5, 0.6) is 5.75 Å². The molecule has 0 unspecified atom stereocenters. The van der Waals surface area contributed by atoms with E-state index in [0.717, 1.165) is 5.75 Å². The summed E-state index contributed by atoms with van der Waals surface area (Å²) < 4.78 is 10.5. The number of rotatable bonds is 5. The molecule has 2 aromatic carbocycles. The molecule has 2 rings (SSSR count). The lowest BCUT2D eigenvalue weighted by atomic mass is 10.2. The molecule has 0 fully saturated rings. The lowest BCUT2D eigenvalue weighted by Gasteiger charge is -2.09. The average molecular weight is 292 g/mol. The summed E-state index contributed by atoms with van der Waals surface area (Å²) in [5.74, 6) is 0.172. The molecule has 20 heavy (non-hydrogen) atoms. The first-order chi connectivity index (χ1) is 9.68. The fourth-order valence-electron chi connectivity index (χ4n) is 1.64. The predicted octanol–water partition coefficient (Wildman–Crippen LogP) is 3.16. The molecule has 0 amide bonds. The Labute approximate surface area is 122 Å². The second-order valence-corrected chi connectivity index (χ2v) is 4.41. The first-order valence-corrected chi connectivity index (χ1v) is 6.45. The van der Waals surface area contributed by atoms with E-state index < -0.39 is 5.97 Å². The number of hydrogen-bond donors (Lipinski definition) is 1. The van der Waals surface area contributed by atoms with Crippen LogP contribution in [0.3, 0.4) is 0 Å². The van der Waals surface area contributed by atoms with E-state index in [4.69, 9.17) is 26.8 Å². The van der Waals surface area contributed by atoms with E-state index in [1.165, 1.54) is 0 Å². The van der Waals surface area contributed by atoms with Crippen LogP contribution in [0.4, 0.5) is 5.69 Å². The van der Waals surface area contributed by atoms with E-state index in [2.05, 4.69) is 0 Å². The monoisotopic (exact) mass is 291 g/mol. The minimum absolute atomic E-state index is 0.123. The third-order valence-corrected chi connectivity index (χ3v) is 2.89. The molecule has 0 bridgehead atoms. The number of carbonyl (C=O) groups excluding carboxylic acids is 1. The van der Waals surface area contributed by atoms with Gasteiger partial charge < -0.3 is 15.2 Å². The molecule has 5 heteroatoms. The summed E-state index contributed by atoms with van der Waals surface area (Å²) in [4.78, 5) is 11.9. The highest BCUT2D eigenvalue weighted by molar-refractivity contribution is 6.34. The maximum Gasteiger partial charge on any atom is 0.341 e. The minimum Gasteiger partial charge on any atom is -0.490 e. The predicted molar refractivity (Wildman–Crippen MR) is 78.1 cm³/mol. The molecule has 0 aliphatic heterocycles. The largest absolute Gasteiger partial charge is 0.490 e. The number of anilines is 1. The van der Waals surface area contributed by atoms with Gasteiger partial charge in [-0.25, -0.2) is 4.79 Å². The summed E-state index contributed by atoms with van der Waals surface area (Å²) in [7, 11) is 0. The first-order valence-electron chi connectivity index (χ1n) is 6.07. The quantitative estimate of drug-likeness (QED) is 0.522. The van der Waals surface area contributed by atoms with Crippen molar-refractivity contribution < 1.29 is 14.3 Å². The molecule has 104 valence electrons. The van der Waals surface area contributed by atoms with Crippen molar-refractivity contribution in [1.29, 1.82) is 0 Å². The van der Waals surface area contributed by atoms with Gasteiger partial charge in [0.2, 0.25) is 0 Å². The summed E-state index contributed by atoms with van der Waals surface area (Å²) >= 11 is 5.92. The maximum atomic E-state index is 11.9. The fourth-order valence-corrected chi connectivity index (χ4v) is 1.90. The molecule has 0 radical (unpaired) electrons. The van der Waals surface area contributed by atoms with Crippen LogP contribution in [0, 0.1) is 0 Å². The van der Waals surface area contributed by atoms with Crippen LogP contribution in [-0.4, -0.2) is 19.2 Å². The minimum atomic E-state index is -0.551. The van der Waals surface area contributed by atoms with Gasteiger partial charge in [0, 0.05) is 5.69 Å². The molecule has 0 aromatic heterocycles. The fraction of sp³-hybridized carbons (Fsp3) is 0.133. The van der Waals surface area contributed by atoms with E-state index in [9.17, 15) is 4.79 Å². The summed E-state index contributed by atoms with van der Waals surface area (Å²) in [6, 6.07) is 14.2. The van der Waals surface area contributed by atoms with Gasteiger partial charge in [-0.2, -0.15) is 0 Å². The van der Waals surface area contributed by atoms with Crippen molar-refractivity contribution in [3.8, 4) is 5.75 Å². The number of hydrogen-bond acceptors (Lipinski definition) is 4. The Morgan fingerprint density at radius 3 is 2.50 bits per heavy atom. The van der Waals surface area contributed by atoms with Crippen LogP contribution in [0.2, 0.25) is 5.02 Å². The summed E-state index contributed by atoms with van der Waals surface area (Å²) in [5, 5.41) is 0.277. The van der Waals surface area contributed by atoms with Crippen LogP contribution in [-0.2, 0) is 4.74 Å². The molecule has 0 spiro atoms. The van der Waals surface area contributed by atoms with Crippen molar-refractivity contribution >= 4 is 23.3 Å². The summed E-state index contributed by atoms with van der Waals surface area (Å²) in [6.45, 7) is 0.387. The number of carbonyl (C=O) groups is 1. The van der Waals surface area contributed by atoms with Crippen molar-refractivity contribution in [2.45, 2.75) is 0 Å². The van der Waals surface area contributed by atoms with Crippen LogP contribution in [0.15, 0.2) is 48.5 Å². The highest BCUT2D eigenvalue weighted by Crippen LogP contribution is 2.22. The Bertz CT molecular complexity index is 567. The Balaban J connectivity index is 1.84. The maximum absolute atomic E-state index is 11.9. The highest BCUT2D eigenvalue weighted by atomic mass is 35.5. The summed E-state index contributed by atoms with van der Waals surface area (Å²) in [5.41, 5.74) is 6.19. The number of ether oxygens (including phenoxy) is 2. The van der Waals surface area contributed by atoms with Crippen molar-refractivity contribution in [3.05, 3.63) is 59.1 Å². The molecule has 0 aliphatic carbocycles. The van der Waals surface area contributed by atoms with Crippen molar-refractivity contribution in [1.82, 2.24) is 0 Å². The van der Waals surface area contributed by atoms with Crippen LogP contribution < -0.4 is 10.5 Å². The number of halogens is 1. The van der Waals surface area contributed by atoms with Gasteiger partial charge in [0.1, 0.15) is 24.5 Å². The molecule has 4 nitrogen and oxygen atoms in total. The Hall–Kier alpha value is -2.20. The first kappa shape index (κ1) is 14.2. The second-order valence-electron chi connectivity index (χ2n) is 4.00. The summed E-state index contributed by atoms with van der Waals surface area (Å²) in [6.07, 6.45) is 0. The smallest absolute Gasteiger partial charge is 0.341 e. The molecule has 0 saturated carbocycles. The zero-order valence-corrected chi connectivity index (χ0v) is 11.5. The number of esters is 1. The van der Waals surface area contributed by atoms with E-state index >= 15 is 0 Å². The van der Waals surface area contributed by atoms with Gasteiger partial charge in [-0.15, -0.1) is 0 Å². The average Bonchev–Trinajstić information content (AvgIpc) is 2.44. The standard InChI is InChI=1S/C15H14ClNO3/c16-12-7-4-8-13(17)14(12)15(18)20-10-9-19-11-5-2-1-3-6-11/h1-8H,9-10,17H2. The molecular formula is C15H14ClNO3. The molecule has 0 heterocycles. The zero-order valence-electron chi connectivity index (χ0n) is 10.7. The van der Waals surface area contributed by atoms with Crippen molar-refractivity contribution in [3.63, 3.8) is 0 Å². The van der Waals surface area contributed by atoms with E-state index in [1.54, 1.807) is 18.2 Å². The van der Waals surface area contributed by atoms with Gasteiger partial charge >= 0.3 is 5.97 Å². The van der Waals surface area contributed by atoms with Gasteiger partial charge in [-0.3, -0.25) is 0 Å². The number of benzene rings is 2. The van der Waals surface area contributed by atoms with E-state index in [0.29, 0.717) is 5.69 Å². The normalized spacial score (nSPS) is 10.1. The van der Waals surface area contributed by atoms with Crippen LogP contribution in [0.1, 0.15) is 10.4 Å². The third-order valence-electron chi connectivity index (χ3n) is 2.58. The van der Waals surface area contributed by atoms with Gasteiger partial charge in [-0.1, -0.05) is 35.9 Å². The Morgan fingerprint density at radius 2 is 1.80 bits per heavy atom. The molecular weight excluding hydrogens is 278 g/mol. The van der Waals surface area contributed by atoms with Gasteiger partial charge in [0.15, 0.2) is 0 Å². The number of nitrogen functional groups attached to an aromatic ring is 1. The SMILES string of the molecule is Nc1cccc(Cl)c1C(=O)OCCOc1ccccc1. The third kappa shape index (κ3) is 3.65. The zero-order chi connectivity index (χ0) is 14.4. The Kier molecular flexibility index (Phi) is 4.85. The number of nitrogens with two attached hydrogens (primary N) is 1. The topological polar surface area (TPSA) is 61.6 Å².